The smallest absolute Gasteiger partial charge is 0.224 e. The third-order valence-corrected chi connectivity index (χ3v) is 4.15. The number of amides is 1. The van der Waals surface area contributed by atoms with Crippen molar-refractivity contribution in [2.24, 2.45) is 7.05 Å². The number of carbonyl (C=O) groups is 1. The number of nitrogens with zero attached hydrogens (tertiary/aromatic N) is 3. The van der Waals surface area contributed by atoms with Crippen LogP contribution in [0.4, 0.5) is 0 Å². The Hall–Kier alpha value is -1.01. The summed E-state index contributed by atoms with van der Waals surface area (Å²) in [6, 6.07) is 0.326. The van der Waals surface area contributed by atoms with Gasteiger partial charge in [-0.25, -0.2) is 0 Å². The predicted octanol–water partition coefficient (Wildman–Crippen LogP) is 0.474. The molecule has 1 fully saturated rings. The standard InChI is InChI=1S/C12H20N4OS/c1-15(7-10-6-14-16(2)8-10)12(17)5-11-9-18-4-3-13-11/h6,8,11,13H,3-5,7,9H2,1-2H3. The highest BCUT2D eigenvalue weighted by atomic mass is 32.2. The van der Waals surface area contributed by atoms with Gasteiger partial charge in [0.2, 0.25) is 5.91 Å². The maximum atomic E-state index is 12.1. The molecular formula is C12H20N4OS. The maximum Gasteiger partial charge on any atom is 0.224 e. The van der Waals surface area contributed by atoms with E-state index in [-0.39, 0.29) is 5.91 Å². The van der Waals surface area contributed by atoms with E-state index in [1.165, 1.54) is 0 Å². The van der Waals surface area contributed by atoms with Crippen LogP contribution in [0.3, 0.4) is 0 Å². The van der Waals surface area contributed by atoms with E-state index in [1.54, 1.807) is 15.8 Å². The van der Waals surface area contributed by atoms with Gasteiger partial charge in [-0.15, -0.1) is 0 Å². The number of aryl methyl sites for hydroxylation is 1. The van der Waals surface area contributed by atoms with Gasteiger partial charge in [-0.1, -0.05) is 0 Å². The average molecular weight is 268 g/mol. The summed E-state index contributed by atoms with van der Waals surface area (Å²) in [6.45, 7) is 1.64. The molecular weight excluding hydrogens is 248 g/mol. The average Bonchev–Trinajstić information content (AvgIpc) is 2.76. The van der Waals surface area contributed by atoms with Gasteiger partial charge in [0.15, 0.2) is 0 Å². The normalized spacial score (nSPS) is 19.8. The largest absolute Gasteiger partial charge is 0.341 e. The van der Waals surface area contributed by atoms with E-state index >= 15 is 0 Å². The lowest BCUT2D eigenvalue weighted by Crippen LogP contribution is -2.41. The predicted molar refractivity (Wildman–Crippen MR) is 73.4 cm³/mol. The zero-order valence-electron chi connectivity index (χ0n) is 10.9. The van der Waals surface area contributed by atoms with Crippen molar-refractivity contribution in [2.75, 3.05) is 25.1 Å². The number of carbonyl (C=O) groups excluding carboxylic acids is 1. The van der Waals surface area contributed by atoms with Crippen LogP contribution in [0.1, 0.15) is 12.0 Å². The number of hydrogen-bond donors (Lipinski definition) is 1. The highest BCUT2D eigenvalue weighted by Crippen LogP contribution is 2.12. The second kappa shape index (κ2) is 6.24. The number of rotatable bonds is 4. The van der Waals surface area contributed by atoms with Gasteiger partial charge in [0, 0.05) is 62.9 Å². The first kappa shape index (κ1) is 13.4. The molecule has 0 saturated carbocycles. The van der Waals surface area contributed by atoms with Crippen molar-refractivity contribution >= 4 is 17.7 Å². The minimum atomic E-state index is 0.193. The molecule has 1 aliphatic rings. The fraction of sp³-hybridized carbons (Fsp3) is 0.667. The zero-order chi connectivity index (χ0) is 13.0. The summed E-state index contributed by atoms with van der Waals surface area (Å²) in [5, 5.41) is 7.50. The highest BCUT2D eigenvalue weighted by Gasteiger charge is 2.19. The van der Waals surface area contributed by atoms with Crippen LogP contribution in [0, 0.1) is 0 Å². The number of thioether (sulfide) groups is 1. The third kappa shape index (κ3) is 3.74. The van der Waals surface area contributed by atoms with E-state index < -0.39 is 0 Å². The first-order valence-electron chi connectivity index (χ1n) is 6.18. The Morgan fingerprint density at radius 1 is 1.72 bits per heavy atom. The van der Waals surface area contributed by atoms with Crippen molar-refractivity contribution < 1.29 is 4.79 Å². The number of nitrogens with one attached hydrogen (secondary N) is 1. The van der Waals surface area contributed by atoms with Crippen LogP contribution in [-0.2, 0) is 18.4 Å². The molecule has 2 heterocycles. The minimum Gasteiger partial charge on any atom is -0.341 e. The van der Waals surface area contributed by atoms with Crippen LogP contribution >= 0.6 is 11.8 Å². The topological polar surface area (TPSA) is 50.2 Å². The Bertz CT molecular complexity index is 401. The Morgan fingerprint density at radius 3 is 3.17 bits per heavy atom. The summed E-state index contributed by atoms with van der Waals surface area (Å²) in [6.07, 6.45) is 4.33. The van der Waals surface area contributed by atoms with E-state index in [0.29, 0.717) is 19.0 Å². The molecule has 1 N–H and O–H groups in total. The molecule has 0 bridgehead atoms. The number of aromatic nitrogens is 2. The lowest BCUT2D eigenvalue weighted by Gasteiger charge is -2.25. The monoisotopic (exact) mass is 268 g/mol. The summed E-state index contributed by atoms with van der Waals surface area (Å²) in [5.74, 6) is 2.38. The van der Waals surface area contributed by atoms with Crippen LogP contribution in [0.25, 0.3) is 0 Å². The first-order chi connectivity index (χ1) is 8.65. The van der Waals surface area contributed by atoms with Gasteiger partial charge in [0.1, 0.15) is 0 Å². The van der Waals surface area contributed by atoms with E-state index in [2.05, 4.69) is 10.4 Å². The zero-order valence-corrected chi connectivity index (χ0v) is 11.7. The van der Waals surface area contributed by atoms with Crippen molar-refractivity contribution in [1.29, 1.82) is 0 Å². The molecule has 2 rings (SSSR count). The molecule has 1 aromatic rings. The van der Waals surface area contributed by atoms with Crippen molar-refractivity contribution in [1.82, 2.24) is 20.0 Å². The van der Waals surface area contributed by atoms with Crippen LogP contribution < -0.4 is 5.32 Å². The van der Waals surface area contributed by atoms with Crippen LogP contribution in [0.5, 0.6) is 0 Å². The third-order valence-electron chi connectivity index (χ3n) is 3.02. The summed E-state index contributed by atoms with van der Waals surface area (Å²) in [7, 11) is 3.74. The van der Waals surface area contributed by atoms with Crippen LogP contribution in [-0.4, -0.2) is 51.7 Å². The van der Waals surface area contributed by atoms with Crippen LogP contribution in [0.15, 0.2) is 12.4 Å². The van der Waals surface area contributed by atoms with Gasteiger partial charge in [-0.3, -0.25) is 9.48 Å². The first-order valence-corrected chi connectivity index (χ1v) is 7.33. The molecule has 0 aromatic carbocycles. The summed E-state index contributed by atoms with van der Waals surface area (Å²) < 4.78 is 1.76. The lowest BCUT2D eigenvalue weighted by molar-refractivity contribution is -0.130. The Labute approximate surface area is 112 Å². The molecule has 1 unspecified atom stereocenters. The van der Waals surface area contributed by atoms with Gasteiger partial charge >= 0.3 is 0 Å². The SMILES string of the molecule is CN(Cc1cnn(C)c1)C(=O)CC1CSCCN1. The molecule has 0 aliphatic carbocycles. The fourth-order valence-corrected chi connectivity index (χ4v) is 2.98. The molecule has 1 aliphatic heterocycles. The summed E-state index contributed by atoms with van der Waals surface area (Å²) in [4.78, 5) is 13.8. The summed E-state index contributed by atoms with van der Waals surface area (Å²) >= 11 is 1.92. The van der Waals surface area contributed by atoms with E-state index in [1.807, 2.05) is 32.1 Å². The van der Waals surface area contributed by atoms with Gasteiger partial charge in [-0.05, 0) is 0 Å². The van der Waals surface area contributed by atoms with Crippen molar-refractivity contribution in [3.8, 4) is 0 Å². The summed E-state index contributed by atoms with van der Waals surface area (Å²) in [5.41, 5.74) is 1.07. The molecule has 0 spiro atoms. The molecule has 6 heteroatoms. The molecule has 18 heavy (non-hydrogen) atoms. The minimum absolute atomic E-state index is 0.193. The molecule has 100 valence electrons. The van der Waals surface area contributed by atoms with Crippen LogP contribution in [0.2, 0.25) is 0 Å². The van der Waals surface area contributed by atoms with Gasteiger partial charge in [0.05, 0.1) is 6.20 Å². The Morgan fingerprint density at radius 2 is 2.56 bits per heavy atom. The van der Waals surface area contributed by atoms with Gasteiger partial charge < -0.3 is 10.2 Å². The quantitative estimate of drug-likeness (QED) is 0.862. The molecule has 0 radical (unpaired) electrons. The Balaban J connectivity index is 1.80. The fourth-order valence-electron chi connectivity index (χ4n) is 2.03. The molecule has 1 saturated heterocycles. The van der Waals surface area contributed by atoms with E-state index in [4.69, 9.17) is 0 Å². The Kier molecular flexibility index (Phi) is 4.66. The highest BCUT2D eigenvalue weighted by molar-refractivity contribution is 7.99. The molecule has 1 amide bonds. The molecule has 1 atom stereocenters. The van der Waals surface area contributed by atoms with Crippen molar-refractivity contribution in [3.63, 3.8) is 0 Å². The van der Waals surface area contributed by atoms with Crippen molar-refractivity contribution in [3.05, 3.63) is 18.0 Å². The van der Waals surface area contributed by atoms with Crippen molar-refractivity contribution in [2.45, 2.75) is 19.0 Å². The van der Waals surface area contributed by atoms with Gasteiger partial charge in [0.25, 0.3) is 0 Å². The molecule has 5 nitrogen and oxygen atoms in total. The second-order valence-electron chi connectivity index (χ2n) is 4.70. The van der Waals surface area contributed by atoms with E-state index in [0.717, 1.165) is 23.6 Å². The van der Waals surface area contributed by atoms with Gasteiger partial charge in [-0.2, -0.15) is 16.9 Å². The molecule has 1 aromatic heterocycles. The second-order valence-corrected chi connectivity index (χ2v) is 5.85. The number of hydrogen-bond acceptors (Lipinski definition) is 4. The maximum absolute atomic E-state index is 12.1. The van der Waals surface area contributed by atoms with E-state index in [9.17, 15) is 4.79 Å². The lowest BCUT2D eigenvalue weighted by atomic mass is 10.2.